The van der Waals surface area contributed by atoms with Gasteiger partial charge in [-0.15, -0.1) is 0 Å². The molecule has 2 aliphatic carbocycles. The van der Waals surface area contributed by atoms with Crippen LogP contribution < -0.4 is 16.2 Å². The predicted molar refractivity (Wildman–Crippen MR) is 132 cm³/mol. The van der Waals surface area contributed by atoms with Crippen LogP contribution in [0.25, 0.3) is 5.65 Å². The third kappa shape index (κ3) is 4.43. The maximum atomic E-state index is 12.7. The summed E-state index contributed by atoms with van der Waals surface area (Å²) in [4.78, 5) is 32.3. The van der Waals surface area contributed by atoms with Gasteiger partial charge in [0.2, 0.25) is 5.91 Å². The molecule has 3 aromatic heterocycles. The molecule has 3 heterocycles. The number of rotatable bonds is 7. The van der Waals surface area contributed by atoms with Gasteiger partial charge in [0.05, 0.1) is 12.2 Å². The number of fused-ring (bicyclic) bond motifs is 1. The fourth-order valence-corrected chi connectivity index (χ4v) is 4.72. The highest BCUT2D eigenvalue weighted by molar-refractivity contribution is 6.30. The summed E-state index contributed by atoms with van der Waals surface area (Å²) in [6, 6.07) is 15.0. The number of nitrogens with one attached hydrogen (secondary N) is 3. The molecule has 2 fully saturated rings. The van der Waals surface area contributed by atoms with Gasteiger partial charge < -0.3 is 20.0 Å². The maximum absolute atomic E-state index is 12.7. The largest absolute Gasteiger partial charge is 0.379 e. The number of anilines is 2. The molecule has 1 unspecified atom stereocenters. The van der Waals surface area contributed by atoms with Crippen molar-refractivity contribution in [3.63, 3.8) is 0 Å². The van der Waals surface area contributed by atoms with Crippen molar-refractivity contribution >= 4 is 34.7 Å². The lowest BCUT2D eigenvalue weighted by molar-refractivity contribution is -0.117. The monoisotopic (exact) mass is 473 g/mol. The lowest BCUT2D eigenvalue weighted by Crippen LogP contribution is -2.19. The van der Waals surface area contributed by atoms with E-state index in [-0.39, 0.29) is 23.3 Å². The van der Waals surface area contributed by atoms with Gasteiger partial charge in [-0.25, -0.2) is 4.98 Å². The third-order valence-corrected chi connectivity index (χ3v) is 6.79. The number of nitrogens with zero attached hydrogens (tertiary/aromatic N) is 2. The zero-order valence-corrected chi connectivity index (χ0v) is 19.2. The van der Waals surface area contributed by atoms with Crippen LogP contribution >= 0.6 is 11.6 Å². The van der Waals surface area contributed by atoms with E-state index >= 15 is 0 Å². The zero-order chi connectivity index (χ0) is 23.2. The summed E-state index contributed by atoms with van der Waals surface area (Å²) in [6.45, 7) is 0.469. The molecule has 2 saturated carbocycles. The molecule has 0 spiro atoms. The quantitative estimate of drug-likeness (QED) is 0.355. The van der Waals surface area contributed by atoms with Crippen molar-refractivity contribution < 1.29 is 4.79 Å². The van der Waals surface area contributed by atoms with Crippen molar-refractivity contribution in [1.29, 1.82) is 0 Å². The highest BCUT2D eigenvalue weighted by Crippen LogP contribution is 2.48. The number of halogens is 1. The van der Waals surface area contributed by atoms with Crippen molar-refractivity contribution in [3.05, 3.63) is 93.1 Å². The Morgan fingerprint density at radius 1 is 1.12 bits per heavy atom. The fraction of sp³-hybridized carbons (Fsp3) is 0.269. The van der Waals surface area contributed by atoms with Gasteiger partial charge in [0.1, 0.15) is 11.5 Å². The second-order valence-corrected chi connectivity index (χ2v) is 9.66. The third-order valence-electron chi connectivity index (χ3n) is 6.55. The Balaban J connectivity index is 1.11. The molecule has 0 saturated heterocycles. The normalized spacial score (nSPS) is 19.2. The Labute approximate surface area is 201 Å². The van der Waals surface area contributed by atoms with Crippen molar-refractivity contribution in [3.8, 4) is 0 Å². The summed E-state index contributed by atoms with van der Waals surface area (Å²) in [5.41, 5.74) is 4.53. The first kappa shape index (κ1) is 21.0. The standard InChI is InChI=1S/C26H24ClN5O2/c27-18-3-1-2-16(8-18)21-11-22(21)26(34)31-23-9-19(10-25(33)30-23)28-12-20-14-32-13-17(15-4-5-15)6-7-24(32)29-20/h1-3,6-10,13-15,21-22H,4-5,11-12H2,(H3,28,30,31,33,34)/t21?,22-/m0/s1. The number of hydrogen-bond donors (Lipinski definition) is 3. The molecule has 2 atom stereocenters. The Morgan fingerprint density at radius 2 is 2.00 bits per heavy atom. The number of H-pyrrole nitrogens is 1. The van der Waals surface area contributed by atoms with Crippen molar-refractivity contribution in [1.82, 2.24) is 14.4 Å². The number of aromatic nitrogens is 3. The molecule has 6 rings (SSSR count). The van der Waals surface area contributed by atoms with Crippen LogP contribution in [-0.2, 0) is 11.3 Å². The van der Waals surface area contributed by atoms with Crippen LogP contribution in [0.1, 0.15) is 47.9 Å². The number of pyridine rings is 2. The van der Waals surface area contributed by atoms with E-state index in [0.717, 1.165) is 23.3 Å². The van der Waals surface area contributed by atoms with E-state index in [2.05, 4.69) is 37.3 Å². The van der Waals surface area contributed by atoms with Crippen LogP contribution in [0.5, 0.6) is 0 Å². The number of hydrogen-bond acceptors (Lipinski definition) is 4. The van der Waals surface area contributed by atoms with Gasteiger partial charge >= 0.3 is 0 Å². The SMILES string of the molecule is O=C(Nc1cc(NCc2cn3cc(C4CC4)ccc3n2)cc(=O)[nH]1)[C@H]1CC1c1cccc(Cl)c1. The highest BCUT2D eigenvalue weighted by atomic mass is 35.5. The number of aromatic amines is 1. The molecule has 8 heteroatoms. The number of amides is 1. The molecule has 1 amide bonds. The Kier molecular flexibility index (Phi) is 5.14. The Morgan fingerprint density at radius 3 is 2.82 bits per heavy atom. The summed E-state index contributed by atoms with van der Waals surface area (Å²) in [5, 5.41) is 6.77. The first-order valence-electron chi connectivity index (χ1n) is 11.5. The van der Waals surface area contributed by atoms with Gasteiger partial charge in [0, 0.05) is 41.2 Å². The molecule has 3 N–H and O–H groups in total. The minimum absolute atomic E-state index is 0.107. The molecule has 2 aliphatic rings. The molecular weight excluding hydrogens is 450 g/mol. The summed E-state index contributed by atoms with van der Waals surface area (Å²) in [7, 11) is 0. The number of benzene rings is 1. The van der Waals surface area contributed by atoms with Gasteiger partial charge in [-0.1, -0.05) is 29.8 Å². The van der Waals surface area contributed by atoms with Crippen molar-refractivity contribution in [2.45, 2.75) is 37.6 Å². The molecular formula is C26H24ClN5O2. The van der Waals surface area contributed by atoms with E-state index in [1.807, 2.05) is 36.5 Å². The predicted octanol–water partition coefficient (Wildman–Crippen LogP) is 4.91. The molecule has 7 nitrogen and oxygen atoms in total. The molecule has 1 aromatic carbocycles. The van der Waals surface area contributed by atoms with Gasteiger partial charge in [-0.3, -0.25) is 9.59 Å². The van der Waals surface area contributed by atoms with Crippen molar-refractivity contribution in [2.24, 2.45) is 5.92 Å². The summed E-state index contributed by atoms with van der Waals surface area (Å²) in [5.74, 6) is 0.985. The van der Waals surface area contributed by atoms with E-state index in [9.17, 15) is 9.59 Å². The number of carbonyl (C=O) groups excluding carboxylic acids is 1. The smallest absolute Gasteiger partial charge is 0.251 e. The van der Waals surface area contributed by atoms with Crippen LogP contribution in [0.2, 0.25) is 5.02 Å². The van der Waals surface area contributed by atoms with Crippen LogP contribution in [-0.4, -0.2) is 20.3 Å². The van der Waals surface area contributed by atoms with Gasteiger partial charge in [0.15, 0.2) is 0 Å². The van der Waals surface area contributed by atoms with E-state index in [0.29, 0.717) is 29.0 Å². The fourth-order valence-electron chi connectivity index (χ4n) is 4.53. The maximum Gasteiger partial charge on any atom is 0.251 e. The highest BCUT2D eigenvalue weighted by Gasteiger charge is 2.44. The molecule has 172 valence electrons. The lowest BCUT2D eigenvalue weighted by Gasteiger charge is -2.09. The summed E-state index contributed by atoms with van der Waals surface area (Å²) in [6.07, 6.45) is 7.45. The average Bonchev–Trinajstić information content (AvgIpc) is 3.73. The Bertz CT molecular complexity index is 1460. The van der Waals surface area contributed by atoms with Crippen LogP contribution in [0.4, 0.5) is 11.5 Å². The second-order valence-electron chi connectivity index (χ2n) is 9.23. The van der Waals surface area contributed by atoms with Crippen LogP contribution in [0, 0.1) is 5.92 Å². The van der Waals surface area contributed by atoms with E-state index in [1.54, 1.807) is 6.07 Å². The zero-order valence-electron chi connectivity index (χ0n) is 18.4. The van der Waals surface area contributed by atoms with Gasteiger partial charge in [0.25, 0.3) is 5.56 Å². The van der Waals surface area contributed by atoms with Crippen molar-refractivity contribution in [2.75, 3.05) is 10.6 Å². The van der Waals surface area contributed by atoms with Gasteiger partial charge in [-0.2, -0.15) is 0 Å². The molecule has 0 radical (unpaired) electrons. The number of imidazole rings is 1. The van der Waals surface area contributed by atoms with Gasteiger partial charge in [-0.05, 0) is 60.4 Å². The Hall–Kier alpha value is -3.58. The summed E-state index contributed by atoms with van der Waals surface area (Å²) >= 11 is 6.07. The molecule has 0 bridgehead atoms. The molecule has 34 heavy (non-hydrogen) atoms. The number of carbonyl (C=O) groups is 1. The molecule has 0 aliphatic heterocycles. The molecule has 4 aromatic rings. The average molecular weight is 474 g/mol. The van der Waals surface area contributed by atoms with E-state index in [1.165, 1.54) is 24.5 Å². The lowest BCUT2D eigenvalue weighted by atomic mass is 10.1. The minimum Gasteiger partial charge on any atom is -0.379 e. The minimum atomic E-state index is -0.286. The second kappa shape index (κ2) is 8.33. The first-order valence-corrected chi connectivity index (χ1v) is 11.9. The van der Waals surface area contributed by atoms with E-state index in [4.69, 9.17) is 11.6 Å². The first-order chi connectivity index (χ1) is 16.5. The van der Waals surface area contributed by atoms with Crippen LogP contribution in [0.3, 0.4) is 0 Å². The van der Waals surface area contributed by atoms with E-state index < -0.39 is 0 Å². The topological polar surface area (TPSA) is 91.3 Å². The summed E-state index contributed by atoms with van der Waals surface area (Å²) < 4.78 is 2.06. The van der Waals surface area contributed by atoms with Crippen LogP contribution in [0.15, 0.2) is 65.7 Å².